The molecule has 3 rings (SSSR count). The van der Waals surface area contributed by atoms with Crippen molar-refractivity contribution in [2.45, 2.75) is 32.1 Å². The lowest BCUT2D eigenvalue weighted by Gasteiger charge is -2.21. The van der Waals surface area contributed by atoms with Gasteiger partial charge in [-0.25, -0.2) is 9.78 Å². The number of likely N-dealkylation sites (tertiary alicyclic amines) is 1. The Morgan fingerprint density at radius 1 is 1.36 bits per heavy atom. The van der Waals surface area contributed by atoms with Crippen molar-refractivity contribution >= 4 is 22.3 Å². The molecule has 0 unspecified atom stereocenters. The van der Waals surface area contributed by atoms with Gasteiger partial charge in [0, 0.05) is 6.42 Å². The van der Waals surface area contributed by atoms with Crippen molar-refractivity contribution in [3.8, 4) is 0 Å². The number of nitrogens with zero attached hydrogens (tertiary/aromatic N) is 2. The van der Waals surface area contributed by atoms with Crippen LogP contribution in [0, 0.1) is 6.92 Å². The van der Waals surface area contributed by atoms with Crippen LogP contribution >= 0.6 is 0 Å². The van der Waals surface area contributed by atoms with Gasteiger partial charge in [0.1, 0.15) is 12.4 Å². The molecule has 9 heteroatoms. The van der Waals surface area contributed by atoms with Crippen molar-refractivity contribution in [3.63, 3.8) is 0 Å². The highest BCUT2D eigenvalue weighted by atomic mass is 32.2. The maximum atomic E-state index is 12.6. The summed E-state index contributed by atoms with van der Waals surface area (Å²) in [6.45, 7) is 2.12. The fourth-order valence-electron chi connectivity index (χ4n) is 3.08. The Kier molecular flexibility index (Phi) is 6.15. The number of rotatable bonds is 6. The first kappa shape index (κ1) is 20.1. The molecular weight excluding hydrogens is 382 g/mol. The molecule has 1 amide bonds. The smallest absolute Gasteiger partial charge is 0.410 e. The van der Waals surface area contributed by atoms with E-state index in [0.29, 0.717) is 6.42 Å². The highest BCUT2D eigenvalue weighted by Gasteiger charge is 2.37. The number of imidazole rings is 1. The lowest BCUT2D eigenvalue weighted by molar-refractivity contribution is 0.0938. The van der Waals surface area contributed by atoms with E-state index in [1.54, 1.807) is 6.20 Å². The molecule has 1 aliphatic heterocycles. The van der Waals surface area contributed by atoms with Crippen LogP contribution < -0.4 is 0 Å². The molecule has 0 spiro atoms. The summed E-state index contributed by atoms with van der Waals surface area (Å²) in [6.07, 6.45) is 5.55. The Bertz CT molecular complexity index is 939. The first-order chi connectivity index (χ1) is 13.3. The van der Waals surface area contributed by atoms with Crippen LogP contribution in [-0.2, 0) is 25.6 Å². The minimum atomic E-state index is -3.62. The first-order valence-corrected chi connectivity index (χ1v) is 10.7. The molecule has 150 valence electrons. The number of carbonyl (C=O) groups excluding carboxylic acids is 1. The molecule has 2 atom stereocenters. The summed E-state index contributed by atoms with van der Waals surface area (Å²) >= 11 is 0. The second-order valence-electron chi connectivity index (χ2n) is 6.70. The van der Waals surface area contributed by atoms with Crippen LogP contribution in [0.5, 0.6) is 0 Å². The number of hydrogen-bond donors (Lipinski definition) is 1. The minimum absolute atomic E-state index is 0.137. The molecule has 2 aromatic rings. The van der Waals surface area contributed by atoms with Gasteiger partial charge < -0.3 is 9.72 Å². The third-order valence-corrected chi connectivity index (χ3v) is 4.90. The van der Waals surface area contributed by atoms with E-state index < -0.39 is 22.3 Å². The fourth-order valence-corrected chi connectivity index (χ4v) is 3.71. The molecule has 1 saturated heterocycles. The summed E-state index contributed by atoms with van der Waals surface area (Å²) < 4.78 is 33.5. The third kappa shape index (κ3) is 5.67. The zero-order valence-corrected chi connectivity index (χ0v) is 16.6. The number of nitrogens with one attached hydrogen (secondary N) is 1. The topological polar surface area (TPSA) is 102 Å². The van der Waals surface area contributed by atoms with Gasteiger partial charge in [-0.15, -0.1) is 0 Å². The first-order valence-electron chi connectivity index (χ1n) is 8.85. The SMILES string of the molecule is Cc1ncc(C=C[C@@H]2C[C@@H](OS(C)(=O)=O)CN2C(=O)OCc2ccccc2)[nH]1. The Balaban J connectivity index is 1.70. The Hall–Kier alpha value is -2.65. The van der Waals surface area contributed by atoms with Crippen LogP contribution in [0.15, 0.2) is 42.6 Å². The van der Waals surface area contributed by atoms with Gasteiger partial charge in [0.25, 0.3) is 10.1 Å². The molecule has 1 aliphatic rings. The molecule has 0 aliphatic carbocycles. The van der Waals surface area contributed by atoms with Crippen molar-refractivity contribution in [2.24, 2.45) is 0 Å². The van der Waals surface area contributed by atoms with E-state index in [1.807, 2.05) is 49.4 Å². The molecule has 0 saturated carbocycles. The quantitative estimate of drug-likeness (QED) is 0.741. The predicted octanol–water partition coefficient (Wildman–Crippen LogP) is 2.49. The molecule has 1 N–H and O–H groups in total. The van der Waals surface area contributed by atoms with E-state index in [0.717, 1.165) is 23.3 Å². The number of amides is 1. The number of H-pyrrole nitrogens is 1. The zero-order chi connectivity index (χ0) is 20.1. The van der Waals surface area contributed by atoms with Gasteiger partial charge in [-0.05, 0) is 18.6 Å². The Labute approximate surface area is 164 Å². The normalized spacial score (nSPS) is 20.0. The number of hydrogen-bond acceptors (Lipinski definition) is 6. The molecule has 8 nitrogen and oxygen atoms in total. The van der Waals surface area contributed by atoms with Gasteiger partial charge >= 0.3 is 6.09 Å². The van der Waals surface area contributed by atoms with Crippen LogP contribution in [0.2, 0.25) is 0 Å². The molecule has 1 fully saturated rings. The Morgan fingerprint density at radius 2 is 2.11 bits per heavy atom. The van der Waals surface area contributed by atoms with Gasteiger partial charge in [-0.2, -0.15) is 8.42 Å². The molecule has 0 radical (unpaired) electrons. The average Bonchev–Trinajstić information content (AvgIpc) is 3.23. The van der Waals surface area contributed by atoms with E-state index >= 15 is 0 Å². The Morgan fingerprint density at radius 3 is 2.75 bits per heavy atom. The van der Waals surface area contributed by atoms with E-state index in [9.17, 15) is 13.2 Å². The molecular formula is C19H23N3O5S. The molecule has 1 aromatic carbocycles. The third-order valence-electron chi connectivity index (χ3n) is 4.28. The van der Waals surface area contributed by atoms with Crippen LogP contribution in [0.4, 0.5) is 4.79 Å². The summed E-state index contributed by atoms with van der Waals surface area (Å²) in [5.74, 6) is 0.781. The van der Waals surface area contributed by atoms with Gasteiger partial charge in [-0.3, -0.25) is 9.08 Å². The number of aromatic amines is 1. The number of benzene rings is 1. The number of aryl methyl sites for hydroxylation is 1. The highest BCUT2D eigenvalue weighted by Crippen LogP contribution is 2.24. The number of carbonyl (C=O) groups is 1. The average molecular weight is 405 g/mol. The van der Waals surface area contributed by atoms with Crippen LogP contribution in [0.3, 0.4) is 0 Å². The monoisotopic (exact) mass is 405 g/mol. The lowest BCUT2D eigenvalue weighted by Crippen LogP contribution is -2.35. The maximum Gasteiger partial charge on any atom is 0.410 e. The van der Waals surface area contributed by atoms with Gasteiger partial charge in [0.05, 0.1) is 36.8 Å². The van der Waals surface area contributed by atoms with Crippen LogP contribution in [0.25, 0.3) is 6.08 Å². The second kappa shape index (κ2) is 8.57. The minimum Gasteiger partial charge on any atom is -0.445 e. The zero-order valence-electron chi connectivity index (χ0n) is 15.7. The molecule has 2 heterocycles. The van der Waals surface area contributed by atoms with E-state index in [1.165, 1.54) is 4.90 Å². The van der Waals surface area contributed by atoms with Crippen molar-refractivity contribution in [1.82, 2.24) is 14.9 Å². The van der Waals surface area contributed by atoms with Crippen LogP contribution in [-0.4, -0.2) is 54.3 Å². The predicted molar refractivity (Wildman–Crippen MR) is 104 cm³/mol. The van der Waals surface area contributed by atoms with Crippen molar-refractivity contribution < 1.29 is 22.1 Å². The maximum absolute atomic E-state index is 12.6. The number of ether oxygens (including phenoxy) is 1. The van der Waals surface area contributed by atoms with Crippen molar-refractivity contribution in [2.75, 3.05) is 12.8 Å². The summed E-state index contributed by atoms with van der Waals surface area (Å²) in [6, 6.07) is 9.01. The molecule has 0 bridgehead atoms. The summed E-state index contributed by atoms with van der Waals surface area (Å²) in [5.41, 5.74) is 1.67. The van der Waals surface area contributed by atoms with Gasteiger partial charge in [0.2, 0.25) is 0 Å². The van der Waals surface area contributed by atoms with Gasteiger partial charge in [-0.1, -0.05) is 36.4 Å². The summed E-state index contributed by atoms with van der Waals surface area (Å²) in [5, 5.41) is 0. The van der Waals surface area contributed by atoms with Crippen molar-refractivity contribution in [3.05, 3.63) is 59.7 Å². The van der Waals surface area contributed by atoms with E-state index in [-0.39, 0.29) is 19.2 Å². The molecule has 1 aromatic heterocycles. The van der Waals surface area contributed by atoms with E-state index in [4.69, 9.17) is 8.92 Å². The number of aromatic nitrogens is 2. The second-order valence-corrected chi connectivity index (χ2v) is 8.30. The summed E-state index contributed by atoms with van der Waals surface area (Å²) in [7, 11) is -3.62. The standard InChI is InChI=1S/C19H23N3O5S/c1-14-20-11-16(21-14)8-9-17-10-18(27-28(2,24)25)12-22(17)19(23)26-13-15-6-4-3-5-7-15/h3-9,11,17-18H,10,12-13H2,1-2H3,(H,20,21)/t17-,18-/m1/s1. The van der Waals surface area contributed by atoms with Crippen LogP contribution in [0.1, 0.15) is 23.5 Å². The largest absolute Gasteiger partial charge is 0.445 e. The highest BCUT2D eigenvalue weighted by molar-refractivity contribution is 7.86. The lowest BCUT2D eigenvalue weighted by atomic mass is 10.2. The van der Waals surface area contributed by atoms with Crippen molar-refractivity contribution in [1.29, 1.82) is 0 Å². The van der Waals surface area contributed by atoms with Gasteiger partial charge in [0.15, 0.2) is 0 Å². The fraction of sp³-hybridized carbons (Fsp3) is 0.368. The van der Waals surface area contributed by atoms with E-state index in [2.05, 4.69) is 9.97 Å². The molecule has 28 heavy (non-hydrogen) atoms. The summed E-state index contributed by atoms with van der Waals surface area (Å²) in [4.78, 5) is 21.3.